The summed E-state index contributed by atoms with van der Waals surface area (Å²) >= 11 is 0. The summed E-state index contributed by atoms with van der Waals surface area (Å²) in [6, 6.07) is 13.9. The van der Waals surface area contributed by atoms with Crippen molar-refractivity contribution in [2.24, 2.45) is 0 Å². The predicted octanol–water partition coefficient (Wildman–Crippen LogP) is 3.99. The molecule has 2 aromatic carbocycles. The summed E-state index contributed by atoms with van der Waals surface area (Å²) in [4.78, 5) is 14.2. The van der Waals surface area contributed by atoms with Crippen molar-refractivity contribution in [1.29, 1.82) is 0 Å². The molecule has 110 valence electrons. The van der Waals surface area contributed by atoms with Crippen LogP contribution >= 0.6 is 12.4 Å². The Morgan fingerprint density at radius 1 is 1.00 bits per heavy atom. The SMILES string of the molecule is C[C@@H](c1ccc2c(c1)oc(=O)c1ccccc12)N(C)C.Cl. The van der Waals surface area contributed by atoms with Gasteiger partial charge in [-0.2, -0.15) is 0 Å². The van der Waals surface area contributed by atoms with E-state index in [1.807, 2.05) is 44.4 Å². The second kappa shape index (κ2) is 5.88. The molecule has 3 nitrogen and oxygen atoms in total. The summed E-state index contributed by atoms with van der Waals surface area (Å²) in [5.74, 6) is 0. The average molecular weight is 304 g/mol. The third-order valence-corrected chi connectivity index (χ3v) is 3.90. The van der Waals surface area contributed by atoms with E-state index in [-0.39, 0.29) is 24.1 Å². The first-order chi connectivity index (χ1) is 9.58. The first-order valence-corrected chi connectivity index (χ1v) is 6.70. The molecular formula is C17H18ClNO2. The molecule has 0 spiro atoms. The highest BCUT2D eigenvalue weighted by Crippen LogP contribution is 2.26. The number of hydrogen-bond donors (Lipinski definition) is 0. The minimum absolute atomic E-state index is 0. The van der Waals surface area contributed by atoms with Crippen molar-refractivity contribution in [2.75, 3.05) is 14.1 Å². The quantitative estimate of drug-likeness (QED) is 0.530. The Morgan fingerprint density at radius 3 is 2.33 bits per heavy atom. The maximum absolute atomic E-state index is 12.0. The van der Waals surface area contributed by atoms with Gasteiger partial charge in [-0.05, 0) is 44.1 Å². The molecule has 1 atom stereocenters. The zero-order valence-electron chi connectivity index (χ0n) is 12.3. The second-order valence-electron chi connectivity index (χ2n) is 5.33. The Labute approximate surface area is 129 Å². The van der Waals surface area contributed by atoms with Gasteiger partial charge in [0.15, 0.2) is 0 Å². The molecule has 0 N–H and O–H groups in total. The van der Waals surface area contributed by atoms with E-state index in [2.05, 4.69) is 17.9 Å². The standard InChI is InChI=1S/C17H17NO2.ClH/c1-11(18(2)3)12-8-9-14-13-6-4-5-7-15(13)17(19)20-16(14)10-12;/h4-11H,1-3H3;1H/t11-;/m0./s1. The lowest BCUT2D eigenvalue weighted by Crippen LogP contribution is -2.16. The minimum atomic E-state index is -0.275. The summed E-state index contributed by atoms with van der Waals surface area (Å²) in [6.07, 6.45) is 0. The molecule has 0 saturated heterocycles. The fourth-order valence-electron chi connectivity index (χ4n) is 2.45. The van der Waals surface area contributed by atoms with Crippen LogP contribution in [-0.4, -0.2) is 19.0 Å². The molecule has 1 heterocycles. The fraction of sp³-hybridized carbons (Fsp3) is 0.235. The number of rotatable bonds is 2. The van der Waals surface area contributed by atoms with Crippen LogP contribution in [0.15, 0.2) is 51.7 Å². The molecule has 0 bridgehead atoms. The van der Waals surface area contributed by atoms with Gasteiger partial charge < -0.3 is 9.32 Å². The Kier molecular flexibility index (Phi) is 4.35. The van der Waals surface area contributed by atoms with E-state index in [9.17, 15) is 4.79 Å². The molecule has 4 heteroatoms. The van der Waals surface area contributed by atoms with Crippen molar-refractivity contribution in [3.05, 3.63) is 58.4 Å². The van der Waals surface area contributed by atoms with Gasteiger partial charge in [0.2, 0.25) is 0 Å². The maximum atomic E-state index is 12.0. The highest BCUT2D eigenvalue weighted by molar-refractivity contribution is 6.04. The van der Waals surface area contributed by atoms with Crippen molar-refractivity contribution in [2.45, 2.75) is 13.0 Å². The number of halogens is 1. The molecule has 0 aliphatic rings. The Morgan fingerprint density at radius 2 is 1.67 bits per heavy atom. The average Bonchev–Trinajstić information content (AvgIpc) is 2.46. The third kappa shape index (κ3) is 2.67. The van der Waals surface area contributed by atoms with Crippen LogP contribution in [0.5, 0.6) is 0 Å². The highest BCUT2D eigenvalue weighted by Gasteiger charge is 2.11. The summed E-state index contributed by atoms with van der Waals surface area (Å²) in [5, 5.41) is 2.56. The topological polar surface area (TPSA) is 33.5 Å². The summed E-state index contributed by atoms with van der Waals surface area (Å²) in [5.41, 5.74) is 1.52. The molecule has 3 aromatic rings. The second-order valence-corrected chi connectivity index (χ2v) is 5.33. The van der Waals surface area contributed by atoms with Crippen molar-refractivity contribution >= 4 is 34.1 Å². The van der Waals surface area contributed by atoms with Crippen LogP contribution in [0.2, 0.25) is 0 Å². The van der Waals surface area contributed by atoms with Crippen LogP contribution in [0.1, 0.15) is 18.5 Å². The summed E-state index contributed by atoms with van der Waals surface area (Å²) in [7, 11) is 4.07. The third-order valence-electron chi connectivity index (χ3n) is 3.90. The smallest absolute Gasteiger partial charge is 0.344 e. The van der Waals surface area contributed by atoms with E-state index < -0.39 is 0 Å². The molecule has 1 aromatic heterocycles. The zero-order valence-corrected chi connectivity index (χ0v) is 13.1. The van der Waals surface area contributed by atoms with Crippen LogP contribution in [0.25, 0.3) is 21.7 Å². The fourth-order valence-corrected chi connectivity index (χ4v) is 2.45. The molecular weight excluding hydrogens is 286 g/mol. The Bertz CT molecular complexity index is 839. The summed E-state index contributed by atoms with van der Waals surface area (Å²) in [6.45, 7) is 2.13. The van der Waals surface area contributed by atoms with Gasteiger partial charge in [-0.3, -0.25) is 0 Å². The molecule has 0 amide bonds. The lowest BCUT2D eigenvalue weighted by Gasteiger charge is -2.20. The molecule has 0 radical (unpaired) electrons. The van der Waals surface area contributed by atoms with Gasteiger partial charge in [0.05, 0.1) is 5.39 Å². The minimum Gasteiger partial charge on any atom is -0.422 e. The van der Waals surface area contributed by atoms with Crippen LogP contribution in [0, 0.1) is 0 Å². The van der Waals surface area contributed by atoms with Crippen LogP contribution in [0.3, 0.4) is 0 Å². The number of fused-ring (bicyclic) bond motifs is 3. The van der Waals surface area contributed by atoms with Gasteiger partial charge in [0.25, 0.3) is 0 Å². The van der Waals surface area contributed by atoms with E-state index in [4.69, 9.17) is 4.42 Å². The highest BCUT2D eigenvalue weighted by atomic mass is 35.5. The van der Waals surface area contributed by atoms with Gasteiger partial charge in [0.1, 0.15) is 5.58 Å². The molecule has 3 rings (SSSR count). The molecule has 0 aliphatic heterocycles. The van der Waals surface area contributed by atoms with Crippen LogP contribution in [0.4, 0.5) is 0 Å². The Hall–Kier alpha value is -1.84. The monoisotopic (exact) mass is 303 g/mol. The molecule has 0 saturated carbocycles. The normalized spacial score (nSPS) is 12.6. The Balaban J connectivity index is 0.00000161. The van der Waals surface area contributed by atoms with E-state index in [1.165, 1.54) is 0 Å². The predicted molar refractivity (Wildman–Crippen MR) is 89.3 cm³/mol. The number of hydrogen-bond acceptors (Lipinski definition) is 3. The van der Waals surface area contributed by atoms with E-state index in [0.717, 1.165) is 16.3 Å². The van der Waals surface area contributed by atoms with Crippen molar-refractivity contribution in [3.8, 4) is 0 Å². The largest absolute Gasteiger partial charge is 0.422 e. The van der Waals surface area contributed by atoms with Crippen molar-refractivity contribution in [3.63, 3.8) is 0 Å². The first-order valence-electron chi connectivity index (χ1n) is 6.70. The molecule has 21 heavy (non-hydrogen) atoms. The number of benzene rings is 2. The van der Waals surface area contributed by atoms with Gasteiger partial charge in [0, 0.05) is 11.4 Å². The lowest BCUT2D eigenvalue weighted by atomic mass is 10.0. The van der Waals surface area contributed by atoms with Crippen molar-refractivity contribution in [1.82, 2.24) is 4.90 Å². The van der Waals surface area contributed by atoms with Crippen LogP contribution < -0.4 is 5.63 Å². The van der Waals surface area contributed by atoms with Crippen LogP contribution in [-0.2, 0) is 0 Å². The van der Waals surface area contributed by atoms with E-state index in [0.29, 0.717) is 11.0 Å². The first kappa shape index (κ1) is 15.5. The zero-order chi connectivity index (χ0) is 14.3. The molecule has 0 unspecified atom stereocenters. The molecule has 0 aliphatic carbocycles. The molecule has 0 fully saturated rings. The lowest BCUT2D eigenvalue weighted by molar-refractivity contribution is 0.321. The van der Waals surface area contributed by atoms with Gasteiger partial charge in [-0.25, -0.2) is 4.79 Å². The van der Waals surface area contributed by atoms with E-state index in [1.54, 1.807) is 6.07 Å². The van der Waals surface area contributed by atoms with Gasteiger partial charge >= 0.3 is 5.63 Å². The van der Waals surface area contributed by atoms with Gasteiger partial charge in [-0.15, -0.1) is 12.4 Å². The number of nitrogens with zero attached hydrogens (tertiary/aromatic N) is 1. The van der Waals surface area contributed by atoms with Gasteiger partial charge in [-0.1, -0.05) is 30.3 Å². The maximum Gasteiger partial charge on any atom is 0.344 e. The van der Waals surface area contributed by atoms with Crippen molar-refractivity contribution < 1.29 is 4.42 Å². The summed E-state index contributed by atoms with van der Waals surface area (Å²) < 4.78 is 5.47. The van der Waals surface area contributed by atoms with E-state index >= 15 is 0 Å².